The molecule has 0 fully saturated rings. The van der Waals surface area contributed by atoms with Gasteiger partial charge in [-0.05, 0) is 29.8 Å². The van der Waals surface area contributed by atoms with Crippen LogP contribution in [0.5, 0.6) is 0 Å². The molecule has 6 heteroatoms. The van der Waals surface area contributed by atoms with Crippen molar-refractivity contribution in [1.29, 1.82) is 0 Å². The molecule has 2 aromatic rings. The van der Waals surface area contributed by atoms with E-state index in [-0.39, 0.29) is 11.8 Å². The zero-order valence-electron chi connectivity index (χ0n) is 12.7. The maximum atomic E-state index is 11.8. The average molecular weight is 329 g/mol. The van der Waals surface area contributed by atoms with Crippen LogP contribution >= 0.6 is 11.8 Å². The van der Waals surface area contributed by atoms with Crippen molar-refractivity contribution in [2.75, 3.05) is 18.8 Å². The number of nitrogens with zero attached hydrogens (tertiary/aromatic N) is 1. The molecule has 2 amide bonds. The van der Waals surface area contributed by atoms with Crippen LogP contribution in [0.2, 0.25) is 0 Å². The molecular formula is C17H19N3O2S. The van der Waals surface area contributed by atoms with Crippen LogP contribution in [0.3, 0.4) is 0 Å². The Hall–Kier alpha value is -2.34. The van der Waals surface area contributed by atoms with Gasteiger partial charge in [0, 0.05) is 36.8 Å². The number of thioether (sulfide) groups is 1. The number of hydrogen-bond acceptors (Lipinski definition) is 4. The van der Waals surface area contributed by atoms with Crippen molar-refractivity contribution in [3.63, 3.8) is 0 Å². The topological polar surface area (TPSA) is 71.1 Å². The third-order valence-corrected chi connectivity index (χ3v) is 4.02. The zero-order chi connectivity index (χ0) is 16.3. The van der Waals surface area contributed by atoms with E-state index in [0.29, 0.717) is 24.4 Å². The van der Waals surface area contributed by atoms with Crippen molar-refractivity contribution in [2.45, 2.75) is 5.75 Å². The lowest BCUT2D eigenvalue weighted by atomic mass is 10.2. The molecule has 120 valence electrons. The van der Waals surface area contributed by atoms with E-state index in [4.69, 9.17) is 0 Å². The van der Waals surface area contributed by atoms with Crippen LogP contribution in [-0.4, -0.2) is 35.6 Å². The van der Waals surface area contributed by atoms with Crippen LogP contribution in [0.1, 0.15) is 15.9 Å². The number of carbonyl (C=O) groups excluding carboxylic acids is 2. The number of aromatic nitrogens is 1. The fourth-order valence-corrected chi connectivity index (χ4v) is 2.68. The summed E-state index contributed by atoms with van der Waals surface area (Å²) in [6.07, 6.45) is 3.48. The second kappa shape index (κ2) is 9.63. The highest BCUT2D eigenvalue weighted by molar-refractivity contribution is 7.99. The summed E-state index contributed by atoms with van der Waals surface area (Å²) in [7, 11) is 0. The number of amides is 2. The number of pyridine rings is 1. The highest BCUT2D eigenvalue weighted by Gasteiger charge is 2.04. The molecule has 0 aliphatic carbocycles. The Labute approximate surface area is 139 Å². The Kier molecular flexibility index (Phi) is 7.13. The molecule has 1 aromatic heterocycles. The van der Waals surface area contributed by atoms with Gasteiger partial charge in [-0.2, -0.15) is 0 Å². The Morgan fingerprint density at radius 2 is 1.65 bits per heavy atom. The van der Waals surface area contributed by atoms with Crippen molar-refractivity contribution >= 4 is 23.6 Å². The van der Waals surface area contributed by atoms with E-state index in [1.165, 1.54) is 0 Å². The quantitative estimate of drug-likeness (QED) is 0.725. The molecule has 0 atom stereocenters. The van der Waals surface area contributed by atoms with E-state index in [0.717, 1.165) is 11.3 Å². The van der Waals surface area contributed by atoms with Crippen LogP contribution in [0.25, 0.3) is 0 Å². The minimum Gasteiger partial charge on any atom is -0.354 e. The summed E-state index contributed by atoms with van der Waals surface area (Å²) >= 11 is 1.55. The van der Waals surface area contributed by atoms with Crippen molar-refractivity contribution in [3.05, 3.63) is 66.0 Å². The second-order valence-corrected chi connectivity index (χ2v) is 5.81. The maximum absolute atomic E-state index is 11.8. The van der Waals surface area contributed by atoms with Gasteiger partial charge in [-0.25, -0.2) is 0 Å². The van der Waals surface area contributed by atoms with Crippen LogP contribution in [0, 0.1) is 0 Å². The van der Waals surface area contributed by atoms with Gasteiger partial charge in [0.25, 0.3) is 5.91 Å². The first-order valence-electron chi connectivity index (χ1n) is 7.32. The number of hydrogen-bond donors (Lipinski definition) is 2. The molecule has 0 radical (unpaired) electrons. The summed E-state index contributed by atoms with van der Waals surface area (Å²) in [5.74, 6) is 1.01. The van der Waals surface area contributed by atoms with Gasteiger partial charge in [0.1, 0.15) is 0 Å². The summed E-state index contributed by atoms with van der Waals surface area (Å²) in [5, 5.41) is 5.56. The van der Waals surface area contributed by atoms with Crippen molar-refractivity contribution < 1.29 is 9.59 Å². The van der Waals surface area contributed by atoms with E-state index in [2.05, 4.69) is 15.6 Å². The molecule has 5 nitrogen and oxygen atoms in total. The van der Waals surface area contributed by atoms with E-state index in [1.54, 1.807) is 36.3 Å². The van der Waals surface area contributed by atoms with Gasteiger partial charge in [-0.15, -0.1) is 11.8 Å². The summed E-state index contributed by atoms with van der Waals surface area (Å²) in [4.78, 5) is 27.4. The fraction of sp³-hybridized carbons (Fsp3) is 0.235. The normalized spacial score (nSPS) is 10.1. The zero-order valence-corrected chi connectivity index (χ0v) is 13.5. The van der Waals surface area contributed by atoms with Crippen molar-refractivity contribution in [1.82, 2.24) is 15.6 Å². The third kappa shape index (κ3) is 6.52. The number of carbonyl (C=O) groups is 2. The minimum atomic E-state index is -0.132. The molecular weight excluding hydrogens is 310 g/mol. The van der Waals surface area contributed by atoms with E-state index >= 15 is 0 Å². The van der Waals surface area contributed by atoms with Gasteiger partial charge >= 0.3 is 0 Å². The number of benzene rings is 1. The first-order chi connectivity index (χ1) is 11.3. The highest BCUT2D eigenvalue weighted by Crippen LogP contribution is 2.10. The first kappa shape index (κ1) is 17.0. The van der Waals surface area contributed by atoms with Crippen molar-refractivity contribution in [3.8, 4) is 0 Å². The summed E-state index contributed by atoms with van der Waals surface area (Å²) in [6.45, 7) is 0.835. The van der Waals surface area contributed by atoms with Gasteiger partial charge in [0.05, 0.1) is 5.75 Å². The lowest BCUT2D eigenvalue weighted by molar-refractivity contribution is -0.118. The Bertz CT molecular complexity index is 620. The summed E-state index contributed by atoms with van der Waals surface area (Å²) in [6, 6.07) is 12.9. The van der Waals surface area contributed by atoms with E-state index in [9.17, 15) is 9.59 Å². The molecule has 2 rings (SSSR count). The largest absolute Gasteiger partial charge is 0.354 e. The van der Waals surface area contributed by atoms with Gasteiger partial charge in [0.15, 0.2) is 0 Å². The third-order valence-electron chi connectivity index (χ3n) is 3.02. The molecule has 0 bridgehead atoms. The molecule has 0 aliphatic heterocycles. The molecule has 2 N–H and O–H groups in total. The number of nitrogens with one attached hydrogen (secondary N) is 2. The molecule has 0 aliphatic rings. The van der Waals surface area contributed by atoms with Gasteiger partial charge in [-0.3, -0.25) is 14.6 Å². The molecule has 0 spiro atoms. The Balaban J connectivity index is 1.55. The van der Waals surface area contributed by atoms with Crippen LogP contribution in [-0.2, 0) is 10.5 Å². The van der Waals surface area contributed by atoms with Crippen molar-refractivity contribution in [2.24, 2.45) is 0 Å². The molecule has 1 heterocycles. The molecule has 23 heavy (non-hydrogen) atoms. The standard InChI is InChI=1S/C17H19N3O2S/c21-16(13-23-12-14-6-8-18-9-7-14)19-10-11-20-17(22)15-4-2-1-3-5-15/h1-9H,10-13H2,(H,19,21)(H,20,22). The van der Waals surface area contributed by atoms with Crippen LogP contribution in [0.15, 0.2) is 54.9 Å². The SMILES string of the molecule is O=C(CSCc1ccncc1)NCCNC(=O)c1ccccc1. The molecule has 0 saturated carbocycles. The first-order valence-corrected chi connectivity index (χ1v) is 8.48. The lowest BCUT2D eigenvalue weighted by Gasteiger charge is -2.07. The highest BCUT2D eigenvalue weighted by atomic mass is 32.2. The Morgan fingerprint density at radius 3 is 2.39 bits per heavy atom. The number of rotatable bonds is 8. The molecule has 0 saturated heterocycles. The Morgan fingerprint density at radius 1 is 0.957 bits per heavy atom. The fourth-order valence-electron chi connectivity index (χ4n) is 1.86. The van der Waals surface area contributed by atoms with Gasteiger partial charge in [-0.1, -0.05) is 18.2 Å². The molecule has 1 aromatic carbocycles. The van der Waals surface area contributed by atoms with Gasteiger partial charge < -0.3 is 10.6 Å². The van der Waals surface area contributed by atoms with Crippen LogP contribution < -0.4 is 10.6 Å². The predicted octanol–water partition coefficient (Wildman–Crippen LogP) is 1.86. The summed E-state index contributed by atoms with van der Waals surface area (Å²) < 4.78 is 0. The lowest BCUT2D eigenvalue weighted by Crippen LogP contribution is -2.35. The van der Waals surface area contributed by atoms with Gasteiger partial charge in [0.2, 0.25) is 5.91 Å². The van der Waals surface area contributed by atoms with Crippen LogP contribution in [0.4, 0.5) is 0 Å². The summed E-state index contributed by atoms with van der Waals surface area (Å²) in [5.41, 5.74) is 1.76. The molecule has 0 unspecified atom stereocenters. The van der Waals surface area contributed by atoms with E-state index < -0.39 is 0 Å². The van der Waals surface area contributed by atoms with E-state index in [1.807, 2.05) is 30.3 Å². The predicted molar refractivity (Wildman–Crippen MR) is 92.2 cm³/mol. The smallest absolute Gasteiger partial charge is 0.251 e. The average Bonchev–Trinajstić information content (AvgIpc) is 2.60. The monoisotopic (exact) mass is 329 g/mol. The second-order valence-electron chi connectivity index (χ2n) is 4.82. The minimum absolute atomic E-state index is 0.0296. The maximum Gasteiger partial charge on any atom is 0.251 e.